The largest absolute Gasteiger partial charge is 0.298 e. The molecule has 1 aromatic heterocycles. The molecule has 4 nitrogen and oxygen atoms in total. The summed E-state index contributed by atoms with van der Waals surface area (Å²) in [5.41, 5.74) is 0. The van der Waals surface area contributed by atoms with Crippen LogP contribution in [0.2, 0.25) is 0 Å². The predicted molar refractivity (Wildman–Crippen MR) is 60.4 cm³/mol. The molecule has 14 heavy (non-hydrogen) atoms. The highest BCUT2D eigenvalue weighted by Crippen LogP contribution is 2.25. The molecule has 0 saturated carbocycles. The fourth-order valence-corrected chi connectivity index (χ4v) is 2.36. The van der Waals surface area contributed by atoms with Crippen LogP contribution in [0.5, 0.6) is 0 Å². The number of hydrogen-bond acceptors (Lipinski definition) is 5. The number of alkyl halides is 2. The van der Waals surface area contributed by atoms with Crippen molar-refractivity contribution in [1.82, 2.24) is 10.2 Å². The van der Waals surface area contributed by atoms with Crippen LogP contribution in [0.3, 0.4) is 0 Å². The molecular weight excluding hydrogens is 265 g/mol. The lowest BCUT2D eigenvalue weighted by Crippen LogP contribution is -2.18. The number of rotatable bonds is 4. The summed E-state index contributed by atoms with van der Waals surface area (Å²) in [6, 6.07) is 0. The van der Waals surface area contributed by atoms with E-state index < -0.39 is 10.7 Å². The maximum atomic E-state index is 11.0. The van der Waals surface area contributed by atoms with Crippen LogP contribution in [0.25, 0.3) is 0 Å². The highest BCUT2D eigenvalue weighted by atomic mass is 35.5. The van der Waals surface area contributed by atoms with Gasteiger partial charge in [-0.2, -0.15) is 0 Å². The molecule has 8 heteroatoms. The molecule has 0 radical (unpaired) electrons. The van der Waals surface area contributed by atoms with Crippen molar-refractivity contribution in [3.05, 3.63) is 0 Å². The SMILES string of the molecule is CCSc1nnc(NC(=O)C(Cl)Cl)s1. The Morgan fingerprint density at radius 2 is 2.36 bits per heavy atom. The first-order valence-electron chi connectivity index (χ1n) is 3.68. The van der Waals surface area contributed by atoms with Gasteiger partial charge in [-0.15, -0.1) is 10.2 Å². The average molecular weight is 272 g/mol. The second-order valence-corrected chi connectivity index (χ2v) is 5.68. The van der Waals surface area contributed by atoms with Crippen molar-refractivity contribution in [2.75, 3.05) is 11.1 Å². The molecule has 0 saturated heterocycles. The third kappa shape index (κ3) is 3.61. The third-order valence-electron chi connectivity index (χ3n) is 1.10. The van der Waals surface area contributed by atoms with Crippen molar-refractivity contribution >= 4 is 57.3 Å². The average Bonchev–Trinajstić information content (AvgIpc) is 2.53. The van der Waals surface area contributed by atoms with E-state index in [0.29, 0.717) is 5.13 Å². The van der Waals surface area contributed by atoms with E-state index >= 15 is 0 Å². The maximum absolute atomic E-state index is 11.0. The molecule has 0 aromatic carbocycles. The number of thioether (sulfide) groups is 1. The van der Waals surface area contributed by atoms with Gasteiger partial charge in [0.05, 0.1) is 0 Å². The van der Waals surface area contributed by atoms with Crippen molar-refractivity contribution in [2.24, 2.45) is 0 Å². The molecule has 1 heterocycles. The van der Waals surface area contributed by atoms with Crippen LogP contribution in [-0.2, 0) is 4.79 Å². The van der Waals surface area contributed by atoms with Crippen molar-refractivity contribution in [1.29, 1.82) is 0 Å². The number of anilines is 1. The van der Waals surface area contributed by atoms with Crippen LogP contribution < -0.4 is 5.32 Å². The Morgan fingerprint density at radius 3 is 2.93 bits per heavy atom. The molecule has 1 aromatic rings. The van der Waals surface area contributed by atoms with Crippen LogP contribution in [0.1, 0.15) is 6.92 Å². The number of carbonyl (C=O) groups is 1. The Kier molecular flexibility index (Phi) is 4.94. The Balaban J connectivity index is 2.55. The van der Waals surface area contributed by atoms with Crippen LogP contribution in [0.15, 0.2) is 4.34 Å². The lowest BCUT2D eigenvalue weighted by atomic mass is 10.7. The van der Waals surface area contributed by atoms with E-state index in [1.165, 1.54) is 11.3 Å². The van der Waals surface area contributed by atoms with Crippen LogP contribution in [0, 0.1) is 0 Å². The lowest BCUT2D eigenvalue weighted by molar-refractivity contribution is -0.114. The minimum absolute atomic E-state index is 0.414. The zero-order valence-corrected chi connectivity index (χ0v) is 10.3. The van der Waals surface area contributed by atoms with E-state index in [2.05, 4.69) is 15.5 Å². The molecule has 0 aliphatic rings. The smallest absolute Gasteiger partial charge is 0.259 e. The first kappa shape index (κ1) is 12.0. The quantitative estimate of drug-likeness (QED) is 0.519. The molecule has 1 amide bonds. The number of nitrogens with zero attached hydrogens (tertiary/aromatic N) is 2. The van der Waals surface area contributed by atoms with Gasteiger partial charge in [0, 0.05) is 0 Å². The molecule has 0 fully saturated rings. The molecule has 0 unspecified atom stereocenters. The number of halogens is 2. The van der Waals surface area contributed by atoms with E-state index in [1.54, 1.807) is 11.8 Å². The minimum Gasteiger partial charge on any atom is -0.298 e. The van der Waals surface area contributed by atoms with E-state index in [1.807, 2.05) is 6.92 Å². The molecule has 0 aliphatic carbocycles. The lowest BCUT2D eigenvalue weighted by Gasteiger charge is -1.98. The van der Waals surface area contributed by atoms with Gasteiger partial charge in [-0.1, -0.05) is 53.2 Å². The fourth-order valence-electron chi connectivity index (χ4n) is 0.602. The van der Waals surface area contributed by atoms with Gasteiger partial charge < -0.3 is 0 Å². The molecule has 1 rings (SSSR count). The van der Waals surface area contributed by atoms with E-state index in [9.17, 15) is 4.79 Å². The van der Waals surface area contributed by atoms with Gasteiger partial charge in [0.25, 0.3) is 5.91 Å². The molecule has 0 aliphatic heterocycles. The molecule has 0 atom stereocenters. The summed E-state index contributed by atoms with van der Waals surface area (Å²) in [5.74, 6) is 0.425. The second kappa shape index (κ2) is 5.75. The normalized spacial score (nSPS) is 10.6. The first-order chi connectivity index (χ1) is 6.63. The van der Waals surface area contributed by atoms with E-state index in [4.69, 9.17) is 23.2 Å². The Morgan fingerprint density at radius 1 is 1.64 bits per heavy atom. The Bertz CT molecular complexity index is 318. The van der Waals surface area contributed by atoms with Crippen molar-refractivity contribution in [2.45, 2.75) is 16.1 Å². The number of aromatic nitrogens is 2. The molecule has 0 spiro atoms. The topological polar surface area (TPSA) is 54.9 Å². The molecule has 78 valence electrons. The Hall–Kier alpha value is -0.0400. The number of carbonyl (C=O) groups excluding carboxylic acids is 1. The molecule has 1 N–H and O–H groups in total. The van der Waals surface area contributed by atoms with E-state index in [-0.39, 0.29) is 0 Å². The first-order valence-corrected chi connectivity index (χ1v) is 6.36. The van der Waals surface area contributed by atoms with Crippen molar-refractivity contribution in [3.63, 3.8) is 0 Å². The van der Waals surface area contributed by atoms with Gasteiger partial charge in [0.1, 0.15) is 0 Å². The predicted octanol–water partition coefficient (Wildman–Crippen LogP) is 2.39. The van der Waals surface area contributed by atoms with Crippen molar-refractivity contribution < 1.29 is 4.79 Å². The maximum Gasteiger partial charge on any atom is 0.259 e. The van der Waals surface area contributed by atoms with Gasteiger partial charge >= 0.3 is 0 Å². The summed E-state index contributed by atoms with van der Waals surface area (Å²) in [6.07, 6.45) is 0. The number of nitrogens with one attached hydrogen (secondary N) is 1. The zero-order chi connectivity index (χ0) is 10.6. The summed E-state index contributed by atoms with van der Waals surface area (Å²) in [5, 5.41) is 10.5. The highest BCUT2D eigenvalue weighted by molar-refractivity contribution is 8.01. The summed E-state index contributed by atoms with van der Waals surface area (Å²) >= 11 is 13.6. The summed E-state index contributed by atoms with van der Waals surface area (Å²) in [6.45, 7) is 2.01. The molecule has 0 bridgehead atoms. The van der Waals surface area contributed by atoms with Gasteiger partial charge in [0.2, 0.25) is 5.13 Å². The summed E-state index contributed by atoms with van der Waals surface area (Å²) in [4.78, 5) is 9.95. The van der Waals surface area contributed by atoms with Gasteiger partial charge in [-0.25, -0.2) is 0 Å². The summed E-state index contributed by atoms with van der Waals surface area (Å²) < 4.78 is 0.809. The Labute approximate surface area is 99.4 Å². The highest BCUT2D eigenvalue weighted by Gasteiger charge is 2.13. The van der Waals surface area contributed by atoms with Gasteiger partial charge in [-0.05, 0) is 5.75 Å². The van der Waals surface area contributed by atoms with Gasteiger partial charge in [0.15, 0.2) is 9.18 Å². The molecular formula is C6H7Cl2N3OS2. The standard InChI is InChI=1S/C6H7Cl2N3OS2/c1-2-13-6-11-10-5(14-6)9-4(12)3(7)8/h3H,2H2,1H3,(H,9,10,12). The monoisotopic (exact) mass is 271 g/mol. The van der Waals surface area contributed by atoms with Crippen LogP contribution in [0.4, 0.5) is 5.13 Å². The fraction of sp³-hybridized carbons (Fsp3) is 0.500. The minimum atomic E-state index is -1.08. The second-order valence-electron chi connectivity index (χ2n) is 2.10. The van der Waals surface area contributed by atoms with Crippen LogP contribution >= 0.6 is 46.3 Å². The zero-order valence-electron chi connectivity index (χ0n) is 7.16. The number of amides is 1. The van der Waals surface area contributed by atoms with Crippen LogP contribution in [-0.4, -0.2) is 26.7 Å². The number of hydrogen-bond donors (Lipinski definition) is 1. The van der Waals surface area contributed by atoms with Gasteiger partial charge in [-0.3, -0.25) is 10.1 Å². The van der Waals surface area contributed by atoms with E-state index in [0.717, 1.165) is 10.1 Å². The third-order valence-corrected chi connectivity index (χ3v) is 3.35. The summed E-state index contributed by atoms with van der Waals surface area (Å²) in [7, 11) is 0. The van der Waals surface area contributed by atoms with Crippen molar-refractivity contribution in [3.8, 4) is 0 Å².